The van der Waals surface area contributed by atoms with Gasteiger partial charge in [0.25, 0.3) is 0 Å². The summed E-state index contributed by atoms with van der Waals surface area (Å²) in [5, 5.41) is 19.3. The van der Waals surface area contributed by atoms with Crippen LogP contribution in [0, 0.1) is 0 Å². The lowest BCUT2D eigenvalue weighted by atomic mass is 10.1. The molecule has 12 heteroatoms. The van der Waals surface area contributed by atoms with E-state index in [1.54, 1.807) is 49.6 Å². The number of methoxy groups -OCH3 is 1. The van der Waals surface area contributed by atoms with Gasteiger partial charge in [0.1, 0.15) is 18.8 Å². The van der Waals surface area contributed by atoms with Crippen LogP contribution < -0.4 is 20.1 Å². The number of carbonyl (C=O) groups is 1. The summed E-state index contributed by atoms with van der Waals surface area (Å²) >= 11 is 0. The molecule has 0 saturated carbocycles. The van der Waals surface area contributed by atoms with Gasteiger partial charge >= 0.3 is 0 Å². The van der Waals surface area contributed by atoms with Crippen molar-refractivity contribution in [3.63, 3.8) is 0 Å². The van der Waals surface area contributed by atoms with Crippen molar-refractivity contribution >= 4 is 28.8 Å². The number of hydrogen-bond donors (Lipinski definition) is 2. The molecule has 1 aromatic carbocycles. The number of aromatic nitrogens is 6. The Bertz CT molecular complexity index is 1450. The number of para-hydroxylation sites is 1. The maximum atomic E-state index is 12.8. The first-order chi connectivity index (χ1) is 19.5. The number of aryl methyl sites for hydroxylation is 1. The van der Waals surface area contributed by atoms with Crippen LogP contribution in [0.4, 0.5) is 23.0 Å². The molecule has 4 aromatic rings. The molecule has 0 unspecified atom stereocenters. The third kappa shape index (κ3) is 6.34. The van der Waals surface area contributed by atoms with Crippen LogP contribution in [-0.2, 0) is 7.05 Å². The van der Waals surface area contributed by atoms with Gasteiger partial charge in [-0.15, -0.1) is 10.2 Å². The largest absolute Gasteiger partial charge is 0.494 e. The zero-order valence-corrected chi connectivity index (χ0v) is 22.9. The van der Waals surface area contributed by atoms with E-state index < -0.39 is 0 Å². The van der Waals surface area contributed by atoms with Crippen molar-refractivity contribution in [1.29, 1.82) is 0 Å². The van der Waals surface area contributed by atoms with Gasteiger partial charge in [0.15, 0.2) is 23.2 Å². The minimum Gasteiger partial charge on any atom is -0.494 e. The predicted octanol–water partition coefficient (Wildman–Crippen LogP) is 4.23. The molecule has 208 valence electrons. The quantitative estimate of drug-likeness (QED) is 0.249. The number of Topliss-reactive ketones (excluding diaryl/α,β-unsaturated/α-hetero) is 1. The van der Waals surface area contributed by atoms with Gasteiger partial charge in [-0.05, 0) is 44.1 Å². The van der Waals surface area contributed by atoms with Crippen LogP contribution in [0.1, 0.15) is 36.5 Å². The van der Waals surface area contributed by atoms with E-state index in [2.05, 4.69) is 40.8 Å². The van der Waals surface area contributed by atoms with Crippen LogP contribution >= 0.6 is 0 Å². The van der Waals surface area contributed by atoms with Gasteiger partial charge in [-0.3, -0.25) is 14.4 Å². The third-order valence-electron chi connectivity index (χ3n) is 6.61. The number of anilines is 4. The first-order valence-electron chi connectivity index (χ1n) is 13.3. The van der Waals surface area contributed by atoms with Gasteiger partial charge in [-0.1, -0.05) is 13.0 Å². The minimum atomic E-state index is -0.0433. The number of pyridine rings is 1. The zero-order chi connectivity index (χ0) is 27.9. The third-order valence-corrected chi connectivity index (χ3v) is 6.61. The molecule has 0 amide bonds. The monoisotopic (exact) mass is 543 g/mol. The van der Waals surface area contributed by atoms with Crippen molar-refractivity contribution in [3.8, 4) is 23.0 Å². The van der Waals surface area contributed by atoms with E-state index in [-0.39, 0.29) is 5.78 Å². The van der Waals surface area contributed by atoms with Crippen molar-refractivity contribution in [2.75, 3.05) is 44.0 Å². The minimum absolute atomic E-state index is 0.0433. The lowest BCUT2D eigenvalue weighted by Crippen LogP contribution is -2.25. The smallest absolute Gasteiger partial charge is 0.233 e. The van der Waals surface area contributed by atoms with Crippen LogP contribution in [-0.4, -0.2) is 74.0 Å². The average Bonchev–Trinajstić information content (AvgIpc) is 3.65. The van der Waals surface area contributed by atoms with Crippen molar-refractivity contribution < 1.29 is 14.3 Å². The number of rotatable bonds is 12. The fraction of sp³-hybridized carbons (Fsp3) is 0.357. The molecule has 0 aliphatic carbocycles. The second-order valence-corrected chi connectivity index (χ2v) is 9.42. The molecule has 1 aliphatic rings. The Hall–Kier alpha value is -4.58. The molecular formula is C28H33N9O3. The summed E-state index contributed by atoms with van der Waals surface area (Å²) in [6.45, 7) is 5.53. The van der Waals surface area contributed by atoms with Crippen molar-refractivity contribution in [3.05, 3.63) is 54.5 Å². The van der Waals surface area contributed by atoms with Gasteiger partial charge in [-0.25, -0.2) is 9.97 Å². The Morgan fingerprint density at radius 2 is 1.88 bits per heavy atom. The number of carbonyl (C=O) groups excluding carboxylic acids is 1. The molecule has 1 fully saturated rings. The molecule has 40 heavy (non-hydrogen) atoms. The van der Waals surface area contributed by atoms with Gasteiger partial charge in [0.2, 0.25) is 5.88 Å². The Balaban J connectivity index is 1.34. The maximum Gasteiger partial charge on any atom is 0.233 e. The molecule has 0 radical (unpaired) electrons. The molecular weight excluding hydrogens is 510 g/mol. The number of nitrogens with one attached hydrogen (secondary N) is 2. The highest BCUT2D eigenvalue weighted by Crippen LogP contribution is 2.37. The van der Waals surface area contributed by atoms with E-state index in [9.17, 15) is 4.79 Å². The maximum absolute atomic E-state index is 12.8. The highest BCUT2D eigenvalue weighted by molar-refractivity contribution is 6.02. The van der Waals surface area contributed by atoms with E-state index in [1.807, 2.05) is 25.1 Å². The number of hydrogen-bond acceptors (Lipinski definition) is 11. The second-order valence-electron chi connectivity index (χ2n) is 9.42. The summed E-state index contributed by atoms with van der Waals surface area (Å²) in [4.78, 5) is 23.9. The van der Waals surface area contributed by atoms with E-state index >= 15 is 0 Å². The Morgan fingerprint density at radius 3 is 2.58 bits per heavy atom. The summed E-state index contributed by atoms with van der Waals surface area (Å²) in [7, 11) is 3.39. The van der Waals surface area contributed by atoms with Crippen LogP contribution in [0.25, 0.3) is 11.4 Å². The van der Waals surface area contributed by atoms with Gasteiger partial charge in [-0.2, -0.15) is 5.10 Å². The SMILES string of the molecule is CCC(=O)c1cnc(Nc2ccc(OCCN3CCCC3)nn2)cc1Nc1cccc(-c2ncn(C)n2)c1OC. The molecule has 1 aliphatic heterocycles. The van der Waals surface area contributed by atoms with E-state index in [4.69, 9.17) is 9.47 Å². The second kappa shape index (κ2) is 12.5. The van der Waals surface area contributed by atoms with Gasteiger partial charge < -0.3 is 20.1 Å². The Kier molecular flexibility index (Phi) is 8.45. The lowest BCUT2D eigenvalue weighted by Gasteiger charge is -2.17. The fourth-order valence-corrected chi connectivity index (χ4v) is 4.56. The molecule has 4 heterocycles. The number of ether oxygens (including phenoxy) is 2. The molecule has 5 rings (SSSR count). The number of benzene rings is 1. The summed E-state index contributed by atoms with van der Waals surface area (Å²) in [5.41, 5.74) is 2.42. The summed E-state index contributed by atoms with van der Waals surface area (Å²) in [6, 6.07) is 10.9. The Morgan fingerprint density at radius 1 is 1.02 bits per heavy atom. The first-order valence-corrected chi connectivity index (χ1v) is 13.3. The van der Waals surface area contributed by atoms with Crippen molar-refractivity contribution in [1.82, 2.24) is 34.8 Å². The number of likely N-dealkylation sites (tertiary alicyclic amines) is 1. The van der Waals surface area contributed by atoms with Crippen LogP contribution in [0.2, 0.25) is 0 Å². The number of nitrogens with zero attached hydrogens (tertiary/aromatic N) is 7. The van der Waals surface area contributed by atoms with Gasteiger partial charge in [0, 0.05) is 38.3 Å². The number of ketones is 1. The first kappa shape index (κ1) is 27.0. The standard InChI is InChI=1S/C28H33N9O3/c1-4-23(38)20-17-29-25(32-24-10-11-26(34-33-24)40-15-14-37-12-5-6-13-37)16-22(20)31-21-9-7-8-19(27(21)39-3)28-30-18-36(2)35-28/h7-11,16-18H,4-6,12-15H2,1-3H3,(H2,29,31,32,33). The van der Waals surface area contributed by atoms with Crippen LogP contribution in [0.5, 0.6) is 11.6 Å². The molecule has 1 saturated heterocycles. The average molecular weight is 544 g/mol. The summed E-state index contributed by atoms with van der Waals surface area (Å²) in [5.74, 6) is 2.51. The predicted molar refractivity (Wildman–Crippen MR) is 152 cm³/mol. The van der Waals surface area contributed by atoms with Crippen molar-refractivity contribution in [2.45, 2.75) is 26.2 Å². The topological polar surface area (TPSA) is 132 Å². The highest BCUT2D eigenvalue weighted by Gasteiger charge is 2.18. The summed E-state index contributed by atoms with van der Waals surface area (Å²) < 4.78 is 13.1. The molecule has 12 nitrogen and oxygen atoms in total. The van der Waals surface area contributed by atoms with Crippen molar-refractivity contribution in [2.24, 2.45) is 7.05 Å². The molecule has 2 N–H and O–H groups in total. The van der Waals surface area contributed by atoms with E-state index in [0.717, 1.165) is 25.2 Å². The van der Waals surface area contributed by atoms with E-state index in [1.165, 1.54) is 12.8 Å². The lowest BCUT2D eigenvalue weighted by molar-refractivity contribution is 0.0988. The van der Waals surface area contributed by atoms with Crippen LogP contribution in [0.15, 0.2) is 48.9 Å². The van der Waals surface area contributed by atoms with E-state index in [0.29, 0.717) is 59.1 Å². The Labute approximate surface area is 232 Å². The molecule has 3 aromatic heterocycles. The molecule has 0 atom stereocenters. The van der Waals surface area contributed by atoms with Gasteiger partial charge in [0.05, 0.1) is 29.6 Å². The fourth-order valence-electron chi connectivity index (χ4n) is 4.56. The zero-order valence-electron chi connectivity index (χ0n) is 22.9. The highest BCUT2D eigenvalue weighted by atomic mass is 16.5. The van der Waals surface area contributed by atoms with Crippen LogP contribution in [0.3, 0.4) is 0 Å². The molecule has 0 bridgehead atoms. The summed E-state index contributed by atoms with van der Waals surface area (Å²) in [6.07, 6.45) is 6.02. The normalized spacial score (nSPS) is 13.3. The molecule has 0 spiro atoms.